The van der Waals surface area contributed by atoms with Crippen LogP contribution >= 0.6 is 0 Å². The Bertz CT molecular complexity index is 687. The summed E-state index contributed by atoms with van der Waals surface area (Å²) in [5.74, 6) is 6.90. The predicted molar refractivity (Wildman–Crippen MR) is 66.1 cm³/mol. The summed E-state index contributed by atoms with van der Waals surface area (Å²) in [5.41, 5.74) is -1.48. The molecule has 12 nitrogen and oxygen atoms in total. The van der Waals surface area contributed by atoms with Gasteiger partial charge in [0.25, 0.3) is 24.2 Å². The fourth-order valence-corrected chi connectivity index (χ4v) is 0.719. The van der Waals surface area contributed by atoms with Crippen LogP contribution in [0.15, 0.2) is 11.1 Å². The van der Waals surface area contributed by atoms with Crippen molar-refractivity contribution in [2.24, 2.45) is 0 Å². The zero-order valence-electron chi connectivity index (χ0n) is 10.1. The fraction of sp³-hybridized carbons (Fsp3) is 0. The first kappa shape index (κ1) is 17.6. The first-order valence-electron chi connectivity index (χ1n) is 4.61. The zero-order valence-corrected chi connectivity index (χ0v) is 10.1. The molecule has 0 fully saturated rings. The number of nitrogens with zero attached hydrogens (tertiary/aromatic N) is 4. The highest BCUT2D eigenvalue weighted by Gasteiger charge is 2.04. The van der Waals surface area contributed by atoms with Gasteiger partial charge in [0, 0.05) is 23.7 Å². The smallest absolute Gasteiger partial charge is 0.249 e. The number of nitro groups is 4. The van der Waals surface area contributed by atoms with E-state index in [-0.39, 0.29) is 0 Å². The Kier molecular flexibility index (Phi) is 6.91. The van der Waals surface area contributed by atoms with E-state index in [1.165, 1.54) is 24.2 Å². The van der Waals surface area contributed by atoms with Crippen LogP contribution < -0.4 is 0 Å². The minimum absolute atomic E-state index is 0.739. The monoisotopic (exact) mass is 304 g/mol. The third-order valence-corrected chi connectivity index (χ3v) is 1.34. The molecule has 0 spiro atoms. The predicted octanol–water partition coefficient (Wildman–Crippen LogP) is -0.767. The number of allylic oxidation sites excluding steroid dienone is 2. The van der Waals surface area contributed by atoms with Crippen molar-refractivity contribution in [3.05, 3.63) is 51.6 Å². The van der Waals surface area contributed by atoms with Gasteiger partial charge in [0.1, 0.15) is 30.8 Å². The van der Waals surface area contributed by atoms with Gasteiger partial charge in [-0.1, -0.05) is 0 Å². The summed E-state index contributed by atoms with van der Waals surface area (Å²) in [6, 6.07) is 5.36. The number of rotatable bonds is 0. The topological polar surface area (TPSA) is 173 Å². The van der Waals surface area contributed by atoms with Crippen LogP contribution in [0.2, 0.25) is 0 Å². The molecule has 0 saturated carbocycles. The summed E-state index contributed by atoms with van der Waals surface area (Å²) in [6.07, 6.45) is 0. The summed E-state index contributed by atoms with van der Waals surface area (Å²) < 4.78 is 0. The van der Waals surface area contributed by atoms with Crippen molar-refractivity contribution < 1.29 is 19.7 Å². The van der Waals surface area contributed by atoms with Gasteiger partial charge in [0.15, 0.2) is 0 Å². The van der Waals surface area contributed by atoms with Crippen molar-refractivity contribution in [1.82, 2.24) is 0 Å². The Morgan fingerprint density at radius 1 is 0.500 bits per heavy atom. The van der Waals surface area contributed by atoms with Crippen molar-refractivity contribution in [1.29, 1.82) is 0 Å². The van der Waals surface area contributed by atoms with Crippen LogP contribution in [0.3, 0.4) is 0 Å². The van der Waals surface area contributed by atoms with Gasteiger partial charge >= 0.3 is 0 Å². The summed E-state index contributed by atoms with van der Waals surface area (Å²) in [7, 11) is 0. The molecule has 0 bridgehead atoms. The number of hydrogen-bond donors (Lipinski definition) is 0. The highest BCUT2D eigenvalue weighted by Crippen LogP contribution is 2.01. The second-order valence-corrected chi connectivity index (χ2v) is 2.73. The quantitative estimate of drug-likeness (QED) is 0.243. The molecular formula is C10N4O8. The zero-order chi connectivity index (χ0) is 17.1. The van der Waals surface area contributed by atoms with Gasteiger partial charge in [-0.05, 0) is 0 Å². The summed E-state index contributed by atoms with van der Waals surface area (Å²) in [6.45, 7) is 0. The Labute approximate surface area is 120 Å². The largest absolute Gasteiger partial charge is 0.296 e. The van der Waals surface area contributed by atoms with Crippen LogP contribution in [0.25, 0.3) is 0 Å². The maximum Gasteiger partial charge on any atom is 0.296 e. The molecule has 0 aromatic carbocycles. The van der Waals surface area contributed by atoms with Crippen molar-refractivity contribution >= 4 is 0 Å². The standard InChI is InChI=1S/C10N4O8/c15-11(16)5-1-9(2-6-12(17)18)10(3-7-13(19)20)4-8-14(21)22. The average molecular weight is 304 g/mol. The molecule has 0 aromatic rings. The van der Waals surface area contributed by atoms with E-state index in [4.69, 9.17) is 0 Å². The molecule has 12 heteroatoms. The van der Waals surface area contributed by atoms with Crippen molar-refractivity contribution in [3.8, 4) is 47.9 Å². The van der Waals surface area contributed by atoms with Gasteiger partial charge in [-0.25, -0.2) is 40.5 Å². The molecule has 108 valence electrons. The van der Waals surface area contributed by atoms with E-state index < -0.39 is 30.8 Å². The molecule has 0 aliphatic carbocycles. The molecule has 0 N–H and O–H groups in total. The first-order valence-corrected chi connectivity index (χ1v) is 4.61. The second-order valence-electron chi connectivity index (χ2n) is 2.73. The molecule has 0 unspecified atom stereocenters. The SMILES string of the molecule is O=[N+]([O-])C#CC(C#C[N+](=O)[O-])=C(C#C[N+](=O)[O-])C#C[N+](=O)[O-]. The van der Waals surface area contributed by atoms with Gasteiger partial charge in [0.05, 0.1) is 0 Å². The summed E-state index contributed by atoms with van der Waals surface area (Å²) >= 11 is 0. The molecule has 0 heterocycles. The van der Waals surface area contributed by atoms with E-state index >= 15 is 0 Å². The maximum absolute atomic E-state index is 10.1. The van der Waals surface area contributed by atoms with Crippen molar-refractivity contribution in [2.45, 2.75) is 0 Å². The van der Waals surface area contributed by atoms with E-state index in [9.17, 15) is 40.5 Å². The molecule has 0 rings (SSSR count). The molecule has 0 aliphatic rings. The molecule has 0 amide bonds. The van der Waals surface area contributed by atoms with Crippen molar-refractivity contribution in [3.63, 3.8) is 0 Å². The Hall–Kier alpha value is -4.42. The van der Waals surface area contributed by atoms with E-state index in [1.54, 1.807) is 23.7 Å². The number of hydrogen-bond acceptors (Lipinski definition) is 8. The lowest BCUT2D eigenvalue weighted by molar-refractivity contribution is -0.379. The second kappa shape index (κ2) is 8.64. The van der Waals surface area contributed by atoms with Crippen LogP contribution in [0.5, 0.6) is 0 Å². The Morgan fingerprint density at radius 3 is 0.818 bits per heavy atom. The van der Waals surface area contributed by atoms with Gasteiger partial charge < -0.3 is 0 Å². The van der Waals surface area contributed by atoms with Gasteiger partial charge in [-0.2, -0.15) is 0 Å². The Morgan fingerprint density at radius 2 is 0.682 bits per heavy atom. The van der Waals surface area contributed by atoms with Crippen LogP contribution in [0, 0.1) is 88.3 Å². The maximum atomic E-state index is 10.1. The van der Waals surface area contributed by atoms with Gasteiger partial charge in [-0.15, -0.1) is 0 Å². The van der Waals surface area contributed by atoms with Crippen LogP contribution in [0.4, 0.5) is 0 Å². The fourth-order valence-electron chi connectivity index (χ4n) is 0.719. The normalized spacial score (nSPS) is 7.09. The molecule has 0 radical (unpaired) electrons. The molecular weight excluding hydrogens is 304 g/mol. The van der Waals surface area contributed by atoms with Crippen molar-refractivity contribution in [2.75, 3.05) is 0 Å². The van der Waals surface area contributed by atoms with E-state index in [2.05, 4.69) is 0 Å². The van der Waals surface area contributed by atoms with E-state index in [0.717, 1.165) is 0 Å². The lowest BCUT2D eigenvalue weighted by atomic mass is 10.1. The lowest BCUT2D eigenvalue weighted by Crippen LogP contribution is -1.92. The van der Waals surface area contributed by atoms with Gasteiger partial charge in [-0.3, -0.25) is 0 Å². The minimum atomic E-state index is -1.13. The molecule has 0 atom stereocenters. The third-order valence-electron chi connectivity index (χ3n) is 1.34. The lowest BCUT2D eigenvalue weighted by Gasteiger charge is -1.85. The molecule has 22 heavy (non-hydrogen) atoms. The summed E-state index contributed by atoms with van der Waals surface area (Å²) in [5, 5.41) is 40.5. The molecule has 0 saturated heterocycles. The molecule has 0 aromatic heterocycles. The van der Waals surface area contributed by atoms with E-state index in [1.807, 2.05) is 0 Å². The minimum Gasteiger partial charge on any atom is -0.249 e. The van der Waals surface area contributed by atoms with Crippen LogP contribution in [-0.4, -0.2) is 19.7 Å². The van der Waals surface area contributed by atoms with Crippen LogP contribution in [0.1, 0.15) is 0 Å². The van der Waals surface area contributed by atoms with E-state index in [0.29, 0.717) is 0 Å². The average Bonchev–Trinajstić information content (AvgIpc) is 2.38. The highest BCUT2D eigenvalue weighted by molar-refractivity contribution is 5.59. The highest BCUT2D eigenvalue weighted by atomic mass is 16.6. The first-order chi connectivity index (χ1) is 10.2. The Balaban J connectivity index is 6.35. The third kappa shape index (κ3) is 8.64. The van der Waals surface area contributed by atoms with Crippen LogP contribution in [-0.2, 0) is 0 Å². The molecule has 0 aliphatic heterocycles. The van der Waals surface area contributed by atoms with Gasteiger partial charge in [0.2, 0.25) is 0 Å². The summed E-state index contributed by atoms with van der Waals surface area (Å²) in [4.78, 5) is 36.0.